The van der Waals surface area contributed by atoms with Gasteiger partial charge >= 0.3 is 0 Å². The number of methoxy groups -OCH3 is 1. The Balaban J connectivity index is 1.75. The molecule has 0 aliphatic heterocycles. The molecule has 0 amide bonds. The molecule has 1 fully saturated rings. The maximum atomic E-state index is 11.5. The number of rotatable bonds is 8. The van der Waals surface area contributed by atoms with Crippen molar-refractivity contribution in [1.29, 1.82) is 0 Å². The van der Waals surface area contributed by atoms with E-state index in [1.807, 2.05) is 18.2 Å². The predicted molar refractivity (Wildman–Crippen MR) is 84.2 cm³/mol. The summed E-state index contributed by atoms with van der Waals surface area (Å²) in [5, 5.41) is 3.31. The fourth-order valence-corrected chi connectivity index (χ4v) is 3.70. The van der Waals surface area contributed by atoms with Gasteiger partial charge in [-0.05, 0) is 30.4 Å². The summed E-state index contributed by atoms with van der Waals surface area (Å²) in [7, 11) is -1.43. The molecule has 1 saturated carbocycles. The molecule has 0 spiro atoms. The van der Waals surface area contributed by atoms with Gasteiger partial charge in [0.1, 0.15) is 5.75 Å². The summed E-state index contributed by atoms with van der Waals surface area (Å²) in [5.41, 5.74) is 1.25. The first-order chi connectivity index (χ1) is 10.1. The molecule has 118 valence electrons. The minimum Gasteiger partial charge on any atom is -0.496 e. The van der Waals surface area contributed by atoms with Crippen LogP contribution in [0.4, 0.5) is 0 Å². The third-order valence-corrected chi connectivity index (χ3v) is 5.35. The standard InChI is InChI=1S/C15H24N2O3S/c1-3-17-21(18,19)9-8-16-13-10-12(11-13)14-6-4-5-7-15(14)20-2/h4-7,12-13,16-17H,3,8-11H2,1-2H3. The van der Waals surface area contributed by atoms with Crippen molar-refractivity contribution in [2.45, 2.75) is 31.7 Å². The first-order valence-electron chi connectivity index (χ1n) is 7.39. The molecule has 2 rings (SSSR count). The molecular weight excluding hydrogens is 288 g/mol. The second-order valence-electron chi connectivity index (χ2n) is 5.38. The number of hydrogen-bond acceptors (Lipinski definition) is 4. The molecule has 0 saturated heterocycles. The monoisotopic (exact) mass is 312 g/mol. The third-order valence-electron chi connectivity index (χ3n) is 3.88. The van der Waals surface area contributed by atoms with E-state index in [4.69, 9.17) is 4.74 Å². The number of nitrogens with one attached hydrogen (secondary N) is 2. The molecule has 5 nitrogen and oxygen atoms in total. The maximum absolute atomic E-state index is 11.5. The van der Waals surface area contributed by atoms with E-state index in [0.29, 0.717) is 25.0 Å². The normalized spacial score (nSPS) is 21.8. The summed E-state index contributed by atoms with van der Waals surface area (Å²) in [6.07, 6.45) is 2.06. The molecule has 0 atom stereocenters. The van der Waals surface area contributed by atoms with Crippen molar-refractivity contribution in [2.75, 3.05) is 26.0 Å². The molecule has 1 aromatic rings. The predicted octanol–water partition coefficient (Wildman–Crippen LogP) is 1.47. The molecule has 1 aromatic carbocycles. The fraction of sp³-hybridized carbons (Fsp3) is 0.600. The molecule has 2 N–H and O–H groups in total. The van der Waals surface area contributed by atoms with Crippen LogP contribution in [0.2, 0.25) is 0 Å². The van der Waals surface area contributed by atoms with Gasteiger partial charge in [-0.2, -0.15) is 0 Å². The van der Waals surface area contributed by atoms with E-state index in [1.165, 1.54) is 5.56 Å². The van der Waals surface area contributed by atoms with Crippen LogP contribution in [0.15, 0.2) is 24.3 Å². The van der Waals surface area contributed by atoms with Crippen molar-refractivity contribution in [3.8, 4) is 5.75 Å². The van der Waals surface area contributed by atoms with Crippen LogP contribution in [0.3, 0.4) is 0 Å². The molecule has 0 unspecified atom stereocenters. The minimum atomic E-state index is -3.12. The van der Waals surface area contributed by atoms with Crippen LogP contribution in [-0.2, 0) is 10.0 Å². The van der Waals surface area contributed by atoms with Gasteiger partial charge in [0.15, 0.2) is 0 Å². The molecular formula is C15H24N2O3S. The number of para-hydroxylation sites is 1. The van der Waals surface area contributed by atoms with Crippen molar-refractivity contribution >= 4 is 10.0 Å². The molecule has 6 heteroatoms. The summed E-state index contributed by atoms with van der Waals surface area (Å²) in [6, 6.07) is 8.50. The molecule has 0 aromatic heterocycles. The van der Waals surface area contributed by atoms with Crippen LogP contribution < -0.4 is 14.8 Å². The van der Waals surface area contributed by atoms with Crippen molar-refractivity contribution < 1.29 is 13.2 Å². The lowest BCUT2D eigenvalue weighted by molar-refractivity contribution is 0.288. The average molecular weight is 312 g/mol. The van der Waals surface area contributed by atoms with Crippen LogP contribution >= 0.6 is 0 Å². The highest BCUT2D eigenvalue weighted by atomic mass is 32.2. The Morgan fingerprint density at radius 2 is 2.00 bits per heavy atom. The lowest BCUT2D eigenvalue weighted by atomic mass is 9.75. The van der Waals surface area contributed by atoms with E-state index >= 15 is 0 Å². The van der Waals surface area contributed by atoms with Crippen molar-refractivity contribution in [3.63, 3.8) is 0 Å². The van der Waals surface area contributed by atoms with E-state index in [2.05, 4.69) is 16.1 Å². The third kappa shape index (κ3) is 4.43. The van der Waals surface area contributed by atoms with E-state index < -0.39 is 10.0 Å². The van der Waals surface area contributed by atoms with Gasteiger partial charge in [-0.25, -0.2) is 13.1 Å². The Hall–Kier alpha value is -1.11. The van der Waals surface area contributed by atoms with Gasteiger partial charge < -0.3 is 10.1 Å². The van der Waals surface area contributed by atoms with Crippen LogP contribution in [0.5, 0.6) is 5.75 Å². The zero-order chi connectivity index (χ0) is 15.3. The van der Waals surface area contributed by atoms with Crippen LogP contribution in [-0.4, -0.2) is 40.4 Å². The Morgan fingerprint density at radius 3 is 2.67 bits per heavy atom. The molecule has 0 heterocycles. The quantitative estimate of drug-likeness (QED) is 0.763. The summed E-state index contributed by atoms with van der Waals surface area (Å²) in [6.45, 7) is 2.73. The number of ether oxygens (including phenoxy) is 1. The summed E-state index contributed by atoms with van der Waals surface area (Å²) < 4.78 is 30.9. The van der Waals surface area contributed by atoms with Crippen LogP contribution in [0, 0.1) is 0 Å². The summed E-state index contributed by atoms with van der Waals surface area (Å²) in [4.78, 5) is 0. The van der Waals surface area contributed by atoms with Gasteiger partial charge in [-0.1, -0.05) is 25.1 Å². The highest BCUT2D eigenvalue weighted by Crippen LogP contribution is 2.40. The first-order valence-corrected chi connectivity index (χ1v) is 9.04. The number of hydrogen-bond donors (Lipinski definition) is 2. The lowest BCUT2D eigenvalue weighted by Gasteiger charge is -2.37. The SMILES string of the molecule is CCNS(=O)(=O)CCNC1CC(c2ccccc2OC)C1. The van der Waals surface area contributed by atoms with Crippen LogP contribution in [0.1, 0.15) is 31.2 Å². The maximum Gasteiger partial charge on any atom is 0.212 e. The van der Waals surface area contributed by atoms with E-state index in [9.17, 15) is 8.42 Å². The second kappa shape index (κ2) is 7.24. The van der Waals surface area contributed by atoms with Crippen molar-refractivity contribution in [2.24, 2.45) is 0 Å². The lowest BCUT2D eigenvalue weighted by Crippen LogP contribution is -2.43. The Kier molecular flexibility index (Phi) is 5.61. The summed E-state index contributed by atoms with van der Waals surface area (Å²) in [5.74, 6) is 1.58. The highest BCUT2D eigenvalue weighted by molar-refractivity contribution is 7.89. The van der Waals surface area contributed by atoms with Gasteiger partial charge in [0.2, 0.25) is 10.0 Å². The molecule has 0 bridgehead atoms. The summed E-state index contributed by atoms with van der Waals surface area (Å²) >= 11 is 0. The van der Waals surface area contributed by atoms with Gasteiger partial charge in [0.25, 0.3) is 0 Å². The number of sulfonamides is 1. The zero-order valence-corrected chi connectivity index (χ0v) is 13.4. The van der Waals surface area contributed by atoms with Gasteiger partial charge in [0.05, 0.1) is 12.9 Å². The van der Waals surface area contributed by atoms with Crippen LogP contribution in [0.25, 0.3) is 0 Å². The van der Waals surface area contributed by atoms with E-state index in [0.717, 1.165) is 18.6 Å². The minimum absolute atomic E-state index is 0.136. The topological polar surface area (TPSA) is 67.4 Å². The van der Waals surface area contributed by atoms with Crippen molar-refractivity contribution in [3.05, 3.63) is 29.8 Å². The number of benzene rings is 1. The van der Waals surface area contributed by atoms with Gasteiger partial charge in [-0.15, -0.1) is 0 Å². The molecule has 1 aliphatic rings. The van der Waals surface area contributed by atoms with E-state index in [1.54, 1.807) is 14.0 Å². The van der Waals surface area contributed by atoms with E-state index in [-0.39, 0.29) is 5.75 Å². The van der Waals surface area contributed by atoms with Gasteiger partial charge in [-0.3, -0.25) is 0 Å². The molecule has 1 aliphatic carbocycles. The largest absolute Gasteiger partial charge is 0.496 e. The molecule has 21 heavy (non-hydrogen) atoms. The molecule has 0 radical (unpaired) electrons. The van der Waals surface area contributed by atoms with Gasteiger partial charge in [0, 0.05) is 19.1 Å². The Morgan fingerprint density at radius 1 is 1.29 bits per heavy atom. The fourth-order valence-electron chi connectivity index (χ4n) is 2.73. The average Bonchev–Trinajstić information content (AvgIpc) is 2.41. The Labute approximate surface area is 127 Å². The smallest absolute Gasteiger partial charge is 0.212 e. The second-order valence-corrected chi connectivity index (χ2v) is 7.30. The van der Waals surface area contributed by atoms with Crippen molar-refractivity contribution in [1.82, 2.24) is 10.0 Å². The first kappa shape index (κ1) is 16.3. The Bertz CT molecular complexity index is 554. The highest BCUT2D eigenvalue weighted by Gasteiger charge is 2.31. The zero-order valence-electron chi connectivity index (χ0n) is 12.6.